The molecule has 11 heteroatoms. The number of fused-ring (bicyclic) bond motifs is 8. The summed E-state index contributed by atoms with van der Waals surface area (Å²) in [6, 6.07) is 16.0. The highest BCUT2D eigenvalue weighted by Gasteiger charge is 2.36. The second kappa shape index (κ2) is 11.5. The molecule has 0 saturated carbocycles. The van der Waals surface area contributed by atoms with Crippen LogP contribution in [-0.2, 0) is 17.9 Å². The maximum atomic E-state index is 13.4. The van der Waals surface area contributed by atoms with Gasteiger partial charge in [0.1, 0.15) is 11.9 Å². The second-order valence-corrected chi connectivity index (χ2v) is 10.0. The highest BCUT2D eigenvalue weighted by atomic mass is 16.7. The van der Waals surface area contributed by atoms with E-state index in [-0.39, 0.29) is 37.4 Å². The molecule has 2 N–H and O–H groups in total. The predicted octanol–water partition coefficient (Wildman–Crippen LogP) is 2.50. The standard InChI is InChI=1S/C30H31N3O8/c1-36-23-8-5-20-11-24(23)38-16-28(34)31-12-18-3-6-21(7-4-18)41-27-15-33(14-22(27)32-30(20)35)13-19-9-25(37-2)29-26(10-19)39-17-40-29/h3-11,22,27H,12-17H2,1-2H3,(H,31,34)(H,32,35)/t22-,27-/m0/s1. The largest absolute Gasteiger partial charge is 0.493 e. The number of carbonyl (C=O) groups excluding carboxylic acids is 2. The number of hydrogen-bond acceptors (Lipinski definition) is 9. The molecule has 4 aliphatic heterocycles. The maximum absolute atomic E-state index is 13.4. The Balaban J connectivity index is 1.27. The molecular weight excluding hydrogens is 530 g/mol. The normalized spacial score (nSPS) is 20.2. The van der Waals surface area contributed by atoms with E-state index in [4.69, 9.17) is 28.4 Å². The van der Waals surface area contributed by atoms with Crippen molar-refractivity contribution in [3.8, 4) is 34.5 Å². The van der Waals surface area contributed by atoms with Crippen molar-refractivity contribution in [2.45, 2.75) is 25.2 Å². The summed E-state index contributed by atoms with van der Waals surface area (Å²) in [5.74, 6) is 2.71. The van der Waals surface area contributed by atoms with Crippen LogP contribution in [0, 0.1) is 0 Å². The first-order valence-electron chi connectivity index (χ1n) is 13.3. The van der Waals surface area contributed by atoms with Gasteiger partial charge in [0.05, 0.1) is 20.3 Å². The molecule has 7 rings (SSSR count). The minimum Gasteiger partial charge on any atom is -0.493 e. The van der Waals surface area contributed by atoms with E-state index < -0.39 is 0 Å². The third kappa shape index (κ3) is 5.80. The van der Waals surface area contributed by atoms with Gasteiger partial charge in [0, 0.05) is 31.7 Å². The number of ether oxygens (including phenoxy) is 6. The smallest absolute Gasteiger partial charge is 0.258 e. The van der Waals surface area contributed by atoms with E-state index in [0.29, 0.717) is 66.2 Å². The Kier molecular flexibility index (Phi) is 7.43. The minimum absolute atomic E-state index is 0.159. The van der Waals surface area contributed by atoms with Crippen molar-refractivity contribution < 1.29 is 38.0 Å². The lowest BCUT2D eigenvalue weighted by Crippen LogP contribution is -2.45. The number of benzene rings is 3. The van der Waals surface area contributed by atoms with Crippen LogP contribution in [0.15, 0.2) is 54.6 Å². The molecule has 2 atom stereocenters. The highest BCUT2D eigenvalue weighted by Crippen LogP contribution is 2.42. The van der Waals surface area contributed by atoms with Crippen molar-refractivity contribution in [3.63, 3.8) is 0 Å². The summed E-state index contributed by atoms with van der Waals surface area (Å²) in [7, 11) is 3.11. The Morgan fingerprint density at radius 3 is 2.54 bits per heavy atom. The van der Waals surface area contributed by atoms with E-state index in [2.05, 4.69) is 15.5 Å². The zero-order chi connectivity index (χ0) is 28.3. The molecule has 3 aromatic carbocycles. The van der Waals surface area contributed by atoms with Crippen molar-refractivity contribution >= 4 is 11.8 Å². The summed E-state index contributed by atoms with van der Waals surface area (Å²) >= 11 is 0. The van der Waals surface area contributed by atoms with E-state index in [1.165, 1.54) is 7.11 Å². The van der Waals surface area contributed by atoms with Crippen molar-refractivity contribution in [2.75, 3.05) is 40.7 Å². The Labute approximate surface area is 237 Å². The molecule has 41 heavy (non-hydrogen) atoms. The topological polar surface area (TPSA) is 117 Å². The van der Waals surface area contributed by atoms with Crippen LogP contribution in [0.5, 0.6) is 34.5 Å². The van der Waals surface area contributed by atoms with E-state index in [1.807, 2.05) is 36.4 Å². The fourth-order valence-electron chi connectivity index (χ4n) is 5.21. The van der Waals surface area contributed by atoms with Crippen molar-refractivity contribution in [3.05, 3.63) is 71.3 Å². The van der Waals surface area contributed by atoms with Gasteiger partial charge in [-0.05, 0) is 53.6 Å². The fraction of sp³-hybridized carbons (Fsp3) is 0.333. The summed E-state index contributed by atoms with van der Waals surface area (Å²) in [6.45, 7) is 2.02. The molecule has 4 bridgehead atoms. The minimum atomic E-state index is -0.315. The number of rotatable bonds is 4. The monoisotopic (exact) mass is 561 g/mol. The van der Waals surface area contributed by atoms with Crippen LogP contribution < -0.4 is 39.1 Å². The Bertz CT molecular complexity index is 1440. The lowest BCUT2D eigenvalue weighted by molar-refractivity contribution is -0.123. The number of nitrogens with one attached hydrogen (secondary N) is 2. The maximum Gasteiger partial charge on any atom is 0.258 e. The molecule has 4 heterocycles. The molecule has 1 saturated heterocycles. The van der Waals surface area contributed by atoms with Gasteiger partial charge in [-0.15, -0.1) is 0 Å². The van der Waals surface area contributed by atoms with Gasteiger partial charge in [-0.3, -0.25) is 14.5 Å². The average molecular weight is 562 g/mol. The van der Waals surface area contributed by atoms with E-state index >= 15 is 0 Å². The van der Waals surface area contributed by atoms with Gasteiger partial charge in [-0.25, -0.2) is 0 Å². The number of hydrogen-bond donors (Lipinski definition) is 2. The summed E-state index contributed by atoms with van der Waals surface area (Å²) in [5.41, 5.74) is 2.30. The molecular formula is C30H31N3O8. The van der Waals surface area contributed by atoms with Crippen molar-refractivity contribution in [1.82, 2.24) is 15.5 Å². The molecule has 4 aliphatic rings. The number of carbonyl (C=O) groups is 2. The molecule has 0 spiro atoms. The Morgan fingerprint density at radius 2 is 1.73 bits per heavy atom. The van der Waals surface area contributed by atoms with Crippen LogP contribution in [0.4, 0.5) is 0 Å². The molecule has 0 aliphatic carbocycles. The molecule has 214 valence electrons. The van der Waals surface area contributed by atoms with Crippen molar-refractivity contribution in [1.29, 1.82) is 0 Å². The van der Waals surface area contributed by atoms with Crippen molar-refractivity contribution in [2.24, 2.45) is 0 Å². The summed E-state index contributed by atoms with van der Waals surface area (Å²) < 4.78 is 34.1. The van der Waals surface area contributed by atoms with E-state index in [9.17, 15) is 9.59 Å². The molecule has 3 aromatic rings. The third-order valence-corrected chi connectivity index (χ3v) is 7.27. The van der Waals surface area contributed by atoms with Gasteiger partial charge in [0.2, 0.25) is 12.5 Å². The highest BCUT2D eigenvalue weighted by molar-refractivity contribution is 5.95. The van der Waals surface area contributed by atoms with Crippen LogP contribution in [0.2, 0.25) is 0 Å². The molecule has 1 fully saturated rings. The zero-order valence-corrected chi connectivity index (χ0v) is 22.8. The third-order valence-electron chi connectivity index (χ3n) is 7.27. The van der Waals surface area contributed by atoms with E-state index in [1.54, 1.807) is 25.3 Å². The lowest BCUT2D eigenvalue weighted by atomic mass is 10.1. The molecule has 0 aromatic heterocycles. The Hall–Kier alpha value is -4.64. The first-order valence-corrected chi connectivity index (χ1v) is 13.3. The number of nitrogens with zero attached hydrogens (tertiary/aromatic N) is 1. The van der Waals surface area contributed by atoms with Gasteiger partial charge in [-0.1, -0.05) is 12.1 Å². The van der Waals surface area contributed by atoms with E-state index in [0.717, 1.165) is 11.1 Å². The zero-order valence-electron chi connectivity index (χ0n) is 22.8. The van der Waals surface area contributed by atoms with Crippen LogP contribution in [0.1, 0.15) is 21.5 Å². The molecule has 0 radical (unpaired) electrons. The van der Waals surface area contributed by atoms with Gasteiger partial charge < -0.3 is 39.1 Å². The van der Waals surface area contributed by atoms with Gasteiger partial charge >= 0.3 is 0 Å². The van der Waals surface area contributed by atoms with Crippen LogP contribution >= 0.6 is 0 Å². The molecule has 11 nitrogen and oxygen atoms in total. The Morgan fingerprint density at radius 1 is 0.902 bits per heavy atom. The number of likely N-dealkylation sites (tertiary alicyclic amines) is 1. The summed E-state index contributed by atoms with van der Waals surface area (Å²) in [4.78, 5) is 28.0. The molecule has 0 unspecified atom stereocenters. The fourth-order valence-corrected chi connectivity index (χ4v) is 5.21. The lowest BCUT2D eigenvalue weighted by Gasteiger charge is -2.21. The average Bonchev–Trinajstić information content (AvgIpc) is 3.61. The SMILES string of the molecule is COc1ccc2cc1OCC(=O)NCc1ccc(cc1)O[C@H]1CN(Cc3cc(OC)c4c(c3)OCO4)C[C@@H]1NC2=O. The predicted molar refractivity (Wildman–Crippen MR) is 147 cm³/mol. The first-order chi connectivity index (χ1) is 20.0. The van der Waals surface area contributed by atoms with Gasteiger partial charge in [0.15, 0.2) is 29.6 Å². The first kappa shape index (κ1) is 26.6. The summed E-state index contributed by atoms with van der Waals surface area (Å²) in [5, 5.41) is 5.99. The molecule has 2 amide bonds. The van der Waals surface area contributed by atoms with Gasteiger partial charge in [-0.2, -0.15) is 0 Å². The number of methoxy groups -OCH3 is 2. The van der Waals surface area contributed by atoms with Crippen LogP contribution in [0.25, 0.3) is 0 Å². The summed E-state index contributed by atoms with van der Waals surface area (Å²) in [6.07, 6.45) is -0.315. The quantitative estimate of drug-likeness (QED) is 0.496. The van der Waals surface area contributed by atoms with Crippen LogP contribution in [0.3, 0.4) is 0 Å². The second-order valence-electron chi connectivity index (χ2n) is 10.0. The van der Waals surface area contributed by atoms with Crippen LogP contribution in [-0.4, -0.2) is 69.6 Å². The van der Waals surface area contributed by atoms with Gasteiger partial charge in [0.25, 0.3) is 11.8 Å². The number of amides is 2.